The van der Waals surface area contributed by atoms with E-state index >= 15 is 0 Å². The molecule has 19 heavy (non-hydrogen) atoms. The summed E-state index contributed by atoms with van der Waals surface area (Å²) in [5.74, 6) is -0.823. The Kier molecular flexibility index (Phi) is 4.84. The zero-order chi connectivity index (χ0) is 14.6. The second-order valence-electron chi connectivity index (χ2n) is 3.55. The summed E-state index contributed by atoms with van der Waals surface area (Å²) >= 11 is 0. The number of nitrogens with two attached hydrogens (primary N) is 1. The number of esters is 1. The minimum absolute atomic E-state index is 0.0262. The van der Waals surface area contributed by atoms with Crippen molar-refractivity contribution in [2.45, 2.75) is 32.3 Å². The zero-order valence-corrected chi connectivity index (χ0v) is 10.0. The number of rotatable bonds is 5. The van der Waals surface area contributed by atoms with Crippen LogP contribution in [0.2, 0.25) is 0 Å². The van der Waals surface area contributed by atoms with Crippen molar-refractivity contribution < 1.29 is 27.8 Å². The molecule has 0 spiro atoms. The lowest BCUT2D eigenvalue weighted by atomic mass is 10.3. The predicted molar refractivity (Wildman–Crippen MR) is 55.9 cm³/mol. The SMILES string of the molecule is CCOC(=O)c1nnn(CC(O)C(F)(F)F)c1CN. The van der Waals surface area contributed by atoms with Crippen LogP contribution in [0.1, 0.15) is 23.1 Å². The molecule has 0 aliphatic heterocycles. The van der Waals surface area contributed by atoms with E-state index in [1.807, 2.05) is 0 Å². The number of nitrogens with zero attached hydrogens (tertiary/aromatic N) is 3. The molecule has 0 aromatic carbocycles. The summed E-state index contributed by atoms with van der Waals surface area (Å²) in [5.41, 5.74) is 5.07. The Bertz CT molecular complexity index is 446. The van der Waals surface area contributed by atoms with Gasteiger partial charge in [0, 0.05) is 6.54 Å². The van der Waals surface area contributed by atoms with Crippen molar-refractivity contribution in [3.63, 3.8) is 0 Å². The first-order valence-corrected chi connectivity index (χ1v) is 5.35. The van der Waals surface area contributed by atoms with Crippen molar-refractivity contribution >= 4 is 5.97 Å². The van der Waals surface area contributed by atoms with Crippen LogP contribution < -0.4 is 5.73 Å². The molecule has 0 amide bonds. The smallest absolute Gasteiger partial charge is 0.416 e. The third-order valence-corrected chi connectivity index (χ3v) is 2.22. The van der Waals surface area contributed by atoms with E-state index in [1.165, 1.54) is 0 Å². The quantitative estimate of drug-likeness (QED) is 0.727. The number of aliphatic hydroxyl groups is 1. The van der Waals surface area contributed by atoms with Gasteiger partial charge in [-0.25, -0.2) is 9.48 Å². The Balaban J connectivity index is 2.95. The van der Waals surface area contributed by atoms with Gasteiger partial charge in [-0.1, -0.05) is 5.21 Å². The lowest BCUT2D eigenvalue weighted by Gasteiger charge is -2.15. The Hall–Kier alpha value is -1.68. The van der Waals surface area contributed by atoms with Gasteiger partial charge < -0.3 is 15.6 Å². The van der Waals surface area contributed by atoms with Crippen molar-refractivity contribution in [1.29, 1.82) is 0 Å². The second kappa shape index (κ2) is 5.97. The first kappa shape index (κ1) is 15.4. The molecule has 0 fully saturated rings. The number of carbonyl (C=O) groups excluding carboxylic acids is 1. The van der Waals surface area contributed by atoms with Crippen molar-refractivity contribution in [3.05, 3.63) is 11.4 Å². The summed E-state index contributed by atoms with van der Waals surface area (Å²) in [5, 5.41) is 15.7. The van der Waals surface area contributed by atoms with Gasteiger partial charge in [0.15, 0.2) is 11.8 Å². The Labute approximate surface area is 106 Å². The summed E-state index contributed by atoms with van der Waals surface area (Å²) < 4.78 is 42.1. The molecule has 1 aromatic heterocycles. The molecule has 0 aliphatic rings. The van der Waals surface area contributed by atoms with Crippen LogP contribution in [-0.2, 0) is 17.8 Å². The molecule has 1 rings (SSSR count). The molecule has 0 aliphatic carbocycles. The van der Waals surface area contributed by atoms with Crippen LogP contribution in [0.25, 0.3) is 0 Å². The van der Waals surface area contributed by atoms with Gasteiger partial charge >= 0.3 is 12.1 Å². The molecule has 0 saturated carbocycles. The maximum absolute atomic E-state index is 12.2. The highest BCUT2D eigenvalue weighted by Gasteiger charge is 2.39. The molecule has 0 bridgehead atoms. The number of ether oxygens (including phenoxy) is 1. The highest BCUT2D eigenvalue weighted by atomic mass is 19.4. The largest absolute Gasteiger partial charge is 0.461 e. The van der Waals surface area contributed by atoms with Crippen molar-refractivity contribution in [2.24, 2.45) is 5.73 Å². The van der Waals surface area contributed by atoms with Crippen molar-refractivity contribution in [2.75, 3.05) is 6.61 Å². The third kappa shape index (κ3) is 3.64. The molecular weight excluding hydrogens is 269 g/mol. The van der Waals surface area contributed by atoms with Crippen LogP contribution in [-0.4, -0.2) is 45.0 Å². The maximum Gasteiger partial charge on any atom is 0.416 e. The minimum atomic E-state index is -4.79. The molecule has 3 N–H and O–H groups in total. The van der Waals surface area contributed by atoms with Crippen molar-refractivity contribution in [3.8, 4) is 0 Å². The normalized spacial score (nSPS) is 13.4. The van der Waals surface area contributed by atoms with Crippen LogP contribution in [0.4, 0.5) is 13.2 Å². The van der Waals surface area contributed by atoms with Crippen LogP contribution in [0.3, 0.4) is 0 Å². The number of halogens is 3. The topological polar surface area (TPSA) is 103 Å². The lowest BCUT2D eigenvalue weighted by Crippen LogP contribution is -2.34. The molecular formula is C9H13F3N4O3. The summed E-state index contributed by atoms with van der Waals surface area (Å²) in [6, 6.07) is 0. The molecule has 108 valence electrons. The Morgan fingerprint density at radius 1 is 1.58 bits per heavy atom. The van der Waals surface area contributed by atoms with Gasteiger partial charge in [-0.3, -0.25) is 0 Å². The van der Waals surface area contributed by atoms with Crippen LogP contribution in [0.5, 0.6) is 0 Å². The van der Waals surface area contributed by atoms with Gasteiger partial charge in [-0.2, -0.15) is 13.2 Å². The average Bonchev–Trinajstić information content (AvgIpc) is 2.71. The molecule has 0 saturated heterocycles. The molecule has 10 heteroatoms. The van der Waals surface area contributed by atoms with Gasteiger partial charge in [0.05, 0.1) is 18.8 Å². The summed E-state index contributed by atoms with van der Waals surface area (Å²) in [7, 11) is 0. The molecule has 1 unspecified atom stereocenters. The summed E-state index contributed by atoms with van der Waals surface area (Å²) in [6.07, 6.45) is -7.41. The fraction of sp³-hybridized carbons (Fsp3) is 0.667. The van der Waals surface area contributed by atoms with Gasteiger partial charge in [-0.05, 0) is 6.92 Å². The summed E-state index contributed by atoms with van der Waals surface area (Å²) in [6.45, 7) is 0.507. The Morgan fingerprint density at radius 3 is 2.68 bits per heavy atom. The van der Waals surface area contributed by atoms with E-state index in [0.717, 1.165) is 4.68 Å². The number of alkyl halides is 3. The molecule has 1 aromatic rings. The predicted octanol–water partition coefficient (Wildman–Crippen LogP) is -0.163. The average molecular weight is 282 g/mol. The van der Waals surface area contributed by atoms with E-state index < -0.39 is 24.8 Å². The zero-order valence-electron chi connectivity index (χ0n) is 10.0. The Morgan fingerprint density at radius 2 is 2.21 bits per heavy atom. The number of hydrogen-bond acceptors (Lipinski definition) is 6. The van der Waals surface area contributed by atoms with Crippen LogP contribution >= 0.6 is 0 Å². The van der Waals surface area contributed by atoms with E-state index in [1.54, 1.807) is 6.92 Å². The van der Waals surface area contributed by atoms with E-state index in [0.29, 0.717) is 0 Å². The minimum Gasteiger partial charge on any atom is -0.461 e. The first-order chi connectivity index (χ1) is 8.81. The van der Waals surface area contributed by atoms with Gasteiger partial charge in [0.2, 0.25) is 0 Å². The maximum atomic E-state index is 12.2. The van der Waals surface area contributed by atoms with Crippen LogP contribution in [0.15, 0.2) is 0 Å². The molecule has 1 atom stereocenters. The standard InChI is InChI=1S/C9H13F3N4O3/c1-2-19-8(18)7-5(3-13)16(15-14-7)4-6(17)9(10,11)12/h6,17H,2-4,13H2,1H3. The number of carbonyl (C=O) groups is 1. The van der Waals surface area contributed by atoms with Gasteiger partial charge in [0.25, 0.3) is 0 Å². The second-order valence-corrected chi connectivity index (χ2v) is 3.55. The van der Waals surface area contributed by atoms with Crippen molar-refractivity contribution in [1.82, 2.24) is 15.0 Å². The number of aliphatic hydroxyl groups excluding tert-OH is 1. The van der Waals surface area contributed by atoms with E-state index in [2.05, 4.69) is 15.0 Å². The number of hydrogen-bond donors (Lipinski definition) is 2. The molecule has 7 nitrogen and oxygen atoms in total. The van der Waals surface area contributed by atoms with Gasteiger partial charge in [-0.15, -0.1) is 5.10 Å². The molecule has 0 radical (unpaired) electrons. The summed E-state index contributed by atoms with van der Waals surface area (Å²) in [4.78, 5) is 11.4. The van der Waals surface area contributed by atoms with E-state index in [-0.39, 0.29) is 24.5 Å². The first-order valence-electron chi connectivity index (χ1n) is 5.35. The monoisotopic (exact) mass is 282 g/mol. The fourth-order valence-corrected chi connectivity index (χ4v) is 1.31. The van der Waals surface area contributed by atoms with Crippen LogP contribution in [0, 0.1) is 0 Å². The van der Waals surface area contributed by atoms with E-state index in [9.17, 15) is 18.0 Å². The highest BCUT2D eigenvalue weighted by molar-refractivity contribution is 5.88. The number of aromatic nitrogens is 3. The highest BCUT2D eigenvalue weighted by Crippen LogP contribution is 2.21. The van der Waals surface area contributed by atoms with E-state index in [4.69, 9.17) is 10.8 Å². The van der Waals surface area contributed by atoms with Gasteiger partial charge in [0.1, 0.15) is 0 Å². The lowest BCUT2D eigenvalue weighted by molar-refractivity contribution is -0.208. The fourth-order valence-electron chi connectivity index (χ4n) is 1.31. The molecule has 1 heterocycles. The third-order valence-electron chi connectivity index (χ3n) is 2.22.